The van der Waals surface area contributed by atoms with E-state index in [2.05, 4.69) is 22.0 Å². The van der Waals surface area contributed by atoms with Crippen LogP contribution < -0.4 is 0 Å². The Balaban J connectivity index is 2.17. The minimum atomic E-state index is 0.156. The maximum atomic E-state index is 9.34. The predicted octanol–water partition coefficient (Wildman–Crippen LogP) is 4.02. The third kappa shape index (κ3) is 4.96. The Morgan fingerprint density at radius 2 is 1.73 bits per heavy atom. The first-order valence-electron chi connectivity index (χ1n) is 7.25. The molecule has 22 heavy (non-hydrogen) atoms. The van der Waals surface area contributed by atoms with Gasteiger partial charge in [0.25, 0.3) is 0 Å². The normalized spacial score (nSPS) is 12.6. The molecule has 2 rings (SSSR count). The maximum absolute atomic E-state index is 9.34. The number of rotatable bonds is 7. The van der Waals surface area contributed by atoms with E-state index < -0.39 is 0 Å². The van der Waals surface area contributed by atoms with E-state index >= 15 is 0 Å². The largest absolute Gasteiger partial charge is 0.396 e. The first-order valence-corrected chi connectivity index (χ1v) is 8.00. The molecule has 1 atom stereocenters. The van der Waals surface area contributed by atoms with Crippen LogP contribution in [-0.4, -0.2) is 28.1 Å². The monoisotopic (exact) mass is 338 g/mol. The number of nitrogens with zero attached hydrogens (tertiary/aromatic N) is 2. The second-order valence-corrected chi connectivity index (χ2v) is 6.34. The van der Waals surface area contributed by atoms with Gasteiger partial charge in [-0.2, -0.15) is 0 Å². The zero-order chi connectivity index (χ0) is 15.9. The molecule has 2 aromatic rings. The van der Waals surface area contributed by atoms with Crippen molar-refractivity contribution in [2.24, 2.45) is 5.92 Å². The van der Waals surface area contributed by atoms with Crippen LogP contribution in [-0.2, 0) is 13.1 Å². The van der Waals surface area contributed by atoms with Gasteiger partial charge in [0.15, 0.2) is 0 Å². The summed E-state index contributed by atoms with van der Waals surface area (Å²) < 4.78 is 0. The molecule has 0 radical (unpaired) electrons. The van der Waals surface area contributed by atoms with Crippen molar-refractivity contribution in [2.75, 3.05) is 13.2 Å². The lowest BCUT2D eigenvalue weighted by Crippen LogP contribution is -2.29. The summed E-state index contributed by atoms with van der Waals surface area (Å²) in [6.07, 6.45) is 3.22. The fraction of sp³-hybridized carbons (Fsp3) is 0.353. The molecular weight excluding hydrogens is 319 g/mol. The van der Waals surface area contributed by atoms with Crippen molar-refractivity contribution in [1.29, 1.82) is 0 Å². The van der Waals surface area contributed by atoms with Crippen molar-refractivity contribution >= 4 is 23.2 Å². The number of aromatic nitrogens is 1. The minimum absolute atomic E-state index is 0.156. The van der Waals surface area contributed by atoms with E-state index in [4.69, 9.17) is 23.2 Å². The molecule has 1 aromatic heterocycles. The molecule has 0 saturated carbocycles. The zero-order valence-electron chi connectivity index (χ0n) is 12.5. The summed E-state index contributed by atoms with van der Waals surface area (Å²) in [5.41, 5.74) is 2.09. The molecule has 0 bridgehead atoms. The SMILES string of the molecule is C[C@@H](CO)CN(Cc1ccccc1)Cc1c(Cl)cncc1Cl. The van der Waals surface area contributed by atoms with Gasteiger partial charge in [-0.25, -0.2) is 0 Å². The van der Waals surface area contributed by atoms with Crippen LogP contribution in [0.5, 0.6) is 0 Å². The minimum Gasteiger partial charge on any atom is -0.396 e. The third-order valence-electron chi connectivity index (χ3n) is 3.46. The molecule has 0 aliphatic rings. The molecule has 3 nitrogen and oxygen atoms in total. The van der Waals surface area contributed by atoms with E-state index in [0.717, 1.165) is 18.7 Å². The Morgan fingerprint density at radius 1 is 1.09 bits per heavy atom. The summed E-state index contributed by atoms with van der Waals surface area (Å²) >= 11 is 12.4. The molecule has 0 unspecified atom stereocenters. The van der Waals surface area contributed by atoms with E-state index in [0.29, 0.717) is 16.6 Å². The van der Waals surface area contributed by atoms with Crippen molar-refractivity contribution in [2.45, 2.75) is 20.0 Å². The molecule has 0 saturated heterocycles. The molecule has 0 amide bonds. The average Bonchev–Trinajstić information content (AvgIpc) is 2.51. The average molecular weight is 339 g/mol. The second-order valence-electron chi connectivity index (χ2n) is 5.52. The van der Waals surface area contributed by atoms with Crippen molar-refractivity contribution in [3.8, 4) is 0 Å². The van der Waals surface area contributed by atoms with Crippen LogP contribution in [0.3, 0.4) is 0 Å². The van der Waals surface area contributed by atoms with E-state index in [9.17, 15) is 5.11 Å². The highest BCUT2D eigenvalue weighted by atomic mass is 35.5. The molecular formula is C17H20Cl2N2O. The number of hydrogen-bond acceptors (Lipinski definition) is 3. The van der Waals surface area contributed by atoms with Gasteiger partial charge in [0.2, 0.25) is 0 Å². The van der Waals surface area contributed by atoms with Crippen LogP contribution in [0.15, 0.2) is 42.7 Å². The molecule has 0 spiro atoms. The molecule has 5 heteroatoms. The smallest absolute Gasteiger partial charge is 0.0649 e. The Morgan fingerprint density at radius 3 is 2.32 bits per heavy atom. The molecule has 118 valence electrons. The lowest BCUT2D eigenvalue weighted by atomic mass is 10.1. The van der Waals surface area contributed by atoms with Crippen molar-refractivity contribution < 1.29 is 5.11 Å². The van der Waals surface area contributed by atoms with Gasteiger partial charge < -0.3 is 5.11 Å². The van der Waals surface area contributed by atoms with Gasteiger partial charge in [0.05, 0.1) is 10.0 Å². The number of pyridine rings is 1. The van der Waals surface area contributed by atoms with Crippen LogP contribution in [0.2, 0.25) is 10.0 Å². The predicted molar refractivity (Wildman–Crippen MR) is 91.1 cm³/mol. The first-order chi connectivity index (χ1) is 10.6. The molecule has 0 fully saturated rings. The highest BCUT2D eigenvalue weighted by molar-refractivity contribution is 6.35. The second kappa shape index (κ2) is 8.49. The first kappa shape index (κ1) is 17.2. The summed E-state index contributed by atoms with van der Waals surface area (Å²) in [4.78, 5) is 6.23. The number of aliphatic hydroxyl groups excluding tert-OH is 1. The quantitative estimate of drug-likeness (QED) is 0.828. The fourth-order valence-corrected chi connectivity index (χ4v) is 2.82. The summed E-state index contributed by atoms with van der Waals surface area (Å²) in [5.74, 6) is 0.183. The maximum Gasteiger partial charge on any atom is 0.0649 e. The van der Waals surface area contributed by atoms with Crippen LogP contribution in [0.25, 0.3) is 0 Å². The number of hydrogen-bond donors (Lipinski definition) is 1. The van der Waals surface area contributed by atoms with Crippen LogP contribution in [0.1, 0.15) is 18.1 Å². The third-order valence-corrected chi connectivity index (χ3v) is 4.12. The van der Waals surface area contributed by atoms with Crippen molar-refractivity contribution in [1.82, 2.24) is 9.88 Å². The van der Waals surface area contributed by atoms with Crippen molar-refractivity contribution in [3.05, 3.63) is 63.9 Å². The Hall–Kier alpha value is -1.13. The Bertz CT molecular complexity index is 572. The zero-order valence-corrected chi connectivity index (χ0v) is 14.1. The Labute approximate surface area is 141 Å². The van der Waals surface area contributed by atoms with Crippen LogP contribution in [0, 0.1) is 5.92 Å². The summed E-state index contributed by atoms with van der Waals surface area (Å²) in [5, 5.41) is 10.5. The lowest BCUT2D eigenvalue weighted by molar-refractivity contribution is 0.163. The molecule has 0 aliphatic carbocycles. The summed E-state index contributed by atoms with van der Waals surface area (Å²) in [6, 6.07) is 10.2. The van der Waals surface area contributed by atoms with Gasteiger partial charge in [0.1, 0.15) is 0 Å². The van der Waals surface area contributed by atoms with Crippen molar-refractivity contribution in [3.63, 3.8) is 0 Å². The lowest BCUT2D eigenvalue weighted by Gasteiger charge is -2.26. The highest BCUT2D eigenvalue weighted by Crippen LogP contribution is 2.25. The van der Waals surface area contributed by atoms with Crippen LogP contribution in [0.4, 0.5) is 0 Å². The van der Waals surface area contributed by atoms with Crippen LogP contribution >= 0.6 is 23.2 Å². The van der Waals surface area contributed by atoms with Gasteiger partial charge >= 0.3 is 0 Å². The fourth-order valence-electron chi connectivity index (χ4n) is 2.34. The highest BCUT2D eigenvalue weighted by Gasteiger charge is 2.15. The van der Waals surface area contributed by atoms with E-state index in [-0.39, 0.29) is 12.5 Å². The van der Waals surface area contributed by atoms with Gasteiger partial charge in [-0.3, -0.25) is 9.88 Å². The van der Waals surface area contributed by atoms with Gasteiger partial charge in [-0.1, -0.05) is 60.5 Å². The van der Waals surface area contributed by atoms with E-state index in [1.54, 1.807) is 12.4 Å². The number of benzene rings is 1. The molecule has 0 aliphatic heterocycles. The van der Waals surface area contributed by atoms with Gasteiger partial charge in [0, 0.05) is 44.2 Å². The summed E-state index contributed by atoms with van der Waals surface area (Å²) in [7, 11) is 0. The van der Waals surface area contributed by atoms with E-state index in [1.165, 1.54) is 5.56 Å². The Kier molecular flexibility index (Phi) is 6.65. The van der Waals surface area contributed by atoms with E-state index in [1.807, 2.05) is 25.1 Å². The summed E-state index contributed by atoms with van der Waals surface area (Å²) in [6.45, 7) is 4.34. The molecule has 1 N–H and O–H groups in total. The van der Waals surface area contributed by atoms with Gasteiger partial charge in [-0.15, -0.1) is 0 Å². The standard InChI is InChI=1S/C17H20Cl2N2O/c1-13(12-22)9-21(10-14-5-3-2-4-6-14)11-15-16(18)7-20-8-17(15)19/h2-8,13,22H,9-12H2,1H3/t13-/m1/s1. The van der Waals surface area contributed by atoms with Gasteiger partial charge in [-0.05, 0) is 11.5 Å². The molecule has 1 aromatic carbocycles. The topological polar surface area (TPSA) is 36.4 Å². The number of halogens is 2. The number of aliphatic hydroxyl groups is 1. The molecule has 1 heterocycles.